The van der Waals surface area contributed by atoms with Crippen LogP contribution >= 0.6 is 0 Å². The molecule has 1 aliphatic rings. The summed E-state index contributed by atoms with van der Waals surface area (Å²) in [6, 6.07) is 0. The number of alkyl halides is 2. The Morgan fingerprint density at radius 3 is 3.25 bits per heavy atom. The van der Waals surface area contributed by atoms with Crippen molar-refractivity contribution in [2.24, 2.45) is 0 Å². The van der Waals surface area contributed by atoms with Gasteiger partial charge in [-0.15, -0.1) is 10.2 Å². The molecule has 0 aliphatic carbocycles. The molecule has 2 rings (SSSR count). The van der Waals surface area contributed by atoms with Gasteiger partial charge in [0.2, 0.25) is 5.92 Å². The SMILES string of the molecule is [2H]C1([2H])CC(F)(F)CC([2H])([2H])n2cnnc21. The molecule has 1 aromatic heterocycles. The Kier molecular flexibility index (Phi) is 0.895. The lowest BCUT2D eigenvalue weighted by Gasteiger charge is -2.10. The third kappa shape index (κ3) is 1.31. The van der Waals surface area contributed by atoms with Gasteiger partial charge in [0.05, 0.1) is 2.74 Å². The summed E-state index contributed by atoms with van der Waals surface area (Å²) in [6.45, 7) is -2.38. The van der Waals surface area contributed by atoms with E-state index in [0.29, 0.717) is 0 Å². The predicted octanol–water partition coefficient (Wildman–Crippen LogP) is 1.25. The van der Waals surface area contributed by atoms with Crippen molar-refractivity contribution < 1.29 is 14.3 Å². The number of rotatable bonds is 0. The van der Waals surface area contributed by atoms with Crippen molar-refractivity contribution in [2.75, 3.05) is 0 Å². The van der Waals surface area contributed by atoms with Gasteiger partial charge in [-0.3, -0.25) is 0 Å². The van der Waals surface area contributed by atoms with Crippen LogP contribution in [-0.4, -0.2) is 20.7 Å². The van der Waals surface area contributed by atoms with Crippen molar-refractivity contribution in [3.05, 3.63) is 12.2 Å². The summed E-state index contributed by atoms with van der Waals surface area (Å²) >= 11 is 0. The lowest BCUT2D eigenvalue weighted by Crippen LogP contribution is -2.16. The van der Waals surface area contributed by atoms with E-state index < -0.39 is 37.5 Å². The second-order valence-electron chi connectivity index (χ2n) is 2.57. The molecule has 0 bridgehead atoms. The molecule has 2 heterocycles. The number of halogens is 2. The van der Waals surface area contributed by atoms with Gasteiger partial charge in [0, 0.05) is 28.5 Å². The van der Waals surface area contributed by atoms with E-state index in [1.165, 1.54) is 0 Å². The lowest BCUT2D eigenvalue weighted by atomic mass is 10.1. The zero-order chi connectivity index (χ0) is 12.2. The number of aromatic nitrogens is 3. The first-order valence-corrected chi connectivity index (χ1v) is 3.43. The minimum atomic E-state index is -3.41. The first kappa shape index (κ1) is 4.30. The molecule has 0 amide bonds. The Balaban J connectivity index is 2.59. The molecule has 66 valence electrons. The van der Waals surface area contributed by atoms with E-state index in [4.69, 9.17) is 5.48 Å². The fraction of sp³-hybridized carbons (Fsp3) is 0.714. The van der Waals surface area contributed by atoms with Gasteiger partial charge in [-0.25, -0.2) is 8.78 Å². The highest BCUT2D eigenvalue weighted by molar-refractivity contribution is 4.91. The normalized spacial score (nSPS) is 34.8. The van der Waals surface area contributed by atoms with E-state index in [2.05, 4.69) is 10.2 Å². The molecule has 0 fully saturated rings. The highest BCUT2D eigenvalue weighted by atomic mass is 19.3. The molecule has 12 heavy (non-hydrogen) atoms. The van der Waals surface area contributed by atoms with Gasteiger partial charge in [-0.2, -0.15) is 0 Å². The first-order valence-electron chi connectivity index (χ1n) is 5.43. The van der Waals surface area contributed by atoms with E-state index in [1.54, 1.807) is 0 Å². The monoisotopic (exact) mass is 177 g/mol. The number of hydrogen-bond donors (Lipinski definition) is 0. The second kappa shape index (κ2) is 2.50. The van der Waals surface area contributed by atoms with Crippen LogP contribution < -0.4 is 0 Å². The van der Waals surface area contributed by atoms with E-state index in [-0.39, 0.29) is 0 Å². The third-order valence-corrected chi connectivity index (χ3v) is 1.56. The van der Waals surface area contributed by atoms with Crippen LogP contribution in [0.2, 0.25) is 0 Å². The molecular weight excluding hydrogens is 164 g/mol. The number of fused-ring (bicyclic) bond motifs is 1. The van der Waals surface area contributed by atoms with Crippen molar-refractivity contribution in [3.63, 3.8) is 0 Å². The van der Waals surface area contributed by atoms with Crippen LogP contribution in [0.5, 0.6) is 0 Å². The predicted molar refractivity (Wildman–Crippen MR) is 37.9 cm³/mol. The van der Waals surface area contributed by atoms with E-state index in [9.17, 15) is 8.78 Å². The van der Waals surface area contributed by atoms with Gasteiger partial charge in [0.1, 0.15) is 12.2 Å². The second-order valence-corrected chi connectivity index (χ2v) is 2.57. The largest absolute Gasteiger partial charge is 0.317 e. The maximum absolute atomic E-state index is 13.4. The van der Waals surface area contributed by atoms with Crippen LogP contribution in [-0.2, 0) is 12.9 Å². The molecule has 0 saturated heterocycles. The van der Waals surface area contributed by atoms with Crippen LogP contribution in [0.15, 0.2) is 6.33 Å². The Hall–Kier alpha value is -1.00. The van der Waals surface area contributed by atoms with Crippen molar-refractivity contribution in [1.29, 1.82) is 0 Å². The summed E-state index contributed by atoms with van der Waals surface area (Å²) < 4.78 is 57.4. The van der Waals surface area contributed by atoms with Gasteiger partial charge in [0.15, 0.2) is 0 Å². The molecule has 0 spiro atoms. The zero-order valence-electron chi connectivity index (χ0n) is 10.1. The first-order chi connectivity index (χ1) is 7.14. The van der Waals surface area contributed by atoms with E-state index >= 15 is 0 Å². The summed E-state index contributed by atoms with van der Waals surface area (Å²) in [7, 11) is 0. The van der Waals surface area contributed by atoms with Gasteiger partial charge in [-0.05, 0) is 0 Å². The maximum Gasteiger partial charge on any atom is 0.250 e. The summed E-state index contributed by atoms with van der Waals surface area (Å²) in [5, 5.41) is 6.77. The maximum atomic E-state index is 13.4. The lowest BCUT2D eigenvalue weighted by molar-refractivity contribution is -0.0154. The Morgan fingerprint density at radius 1 is 1.58 bits per heavy atom. The summed E-state index contributed by atoms with van der Waals surface area (Å²) in [4.78, 5) is 0. The van der Waals surface area contributed by atoms with Crippen molar-refractivity contribution in [1.82, 2.24) is 14.8 Å². The minimum Gasteiger partial charge on any atom is -0.317 e. The Labute approximate surface area is 74.0 Å². The molecule has 1 aliphatic heterocycles. The fourth-order valence-electron chi connectivity index (χ4n) is 0.943. The molecule has 0 unspecified atom stereocenters. The van der Waals surface area contributed by atoms with Crippen LogP contribution in [0.4, 0.5) is 8.78 Å². The standard InChI is InChI=1S/C7H9F2N3/c8-7(9)2-1-6-11-10-5-12(6)4-3-7/h5H,1-4H2/i1D2,4D2. The molecule has 0 N–H and O–H groups in total. The molecule has 5 heteroatoms. The van der Waals surface area contributed by atoms with E-state index in [1.807, 2.05) is 0 Å². The smallest absolute Gasteiger partial charge is 0.250 e. The van der Waals surface area contributed by atoms with Crippen LogP contribution in [0, 0.1) is 0 Å². The topological polar surface area (TPSA) is 30.7 Å². The molecule has 1 aromatic rings. The Morgan fingerprint density at radius 2 is 2.42 bits per heavy atom. The summed E-state index contributed by atoms with van der Waals surface area (Å²) in [5.74, 6) is -3.80. The summed E-state index contributed by atoms with van der Waals surface area (Å²) in [6.07, 6.45) is -3.61. The van der Waals surface area contributed by atoms with Gasteiger partial charge >= 0.3 is 0 Å². The number of aryl methyl sites for hydroxylation is 2. The highest BCUT2D eigenvalue weighted by Gasteiger charge is 2.31. The molecule has 3 nitrogen and oxygen atoms in total. The average molecular weight is 177 g/mol. The van der Waals surface area contributed by atoms with Gasteiger partial charge in [-0.1, -0.05) is 0 Å². The van der Waals surface area contributed by atoms with Crippen LogP contribution in [0.25, 0.3) is 0 Å². The van der Waals surface area contributed by atoms with Crippen LogP contribution in [0.1, 0.15) is 24.1 Å². The Bertz CT molecular complexity index is 383. The van der Waals surface area contributed by atoms with Crippen molar-refractivity contribution in [3.8, 4) is 0 Å². The molecule has 0 radical (unpaired) electrons. The third-order valence-electron chi connectivity index (χ3n) is 1.56. The molecule has 0 aromatic carbocycles. The number of hydrogen-bond acceptors (Lipinski definition) is 2. The average Bonchev–Trinajstić information content (AvgIpc) is 2.43. The van der Waals surface area contributed by atoms with Crippen molar-refractivity contribution in [2.45, 2.75) is 31.6 Å². The quantitative estimate of drug-likeness (QED) is 0.597. The molecule has 0 saturated carbocycles. The van der Waals surface area contributed by atoms with E-state index in [0.717, 1.165) is 10.9 Å². The summed E-state index contributed by atoms with van der Waals surface area (Å²) in [5.41, 5.74) is 0. The molecular formula is C7H9F2N3. The van der Waals surface area contributed by atoms with Crippen molar-refractivity contribution >= 4 is 0 Å². The highest BCUT2D eigenvalue weighted by Crippen LogP contribution is 2.27. The molecule has 0 atom stereocenters. The minimum absolute atomic E-state index is 0.394. The van der Waals surface area contributed by atoms with Gasteiger partial charge in [0.25, 0.3) is 0 Å². The fourth-order valence-corrected chi connectivity index (χ4v) is 0.943. The van der Waals surface area contributed by atoms with Gasteiger partial charge < -0.3 is 4.57 Å². The number of nitrogens with zero attached hydrogens (tertiary/aromatic N) is 3. The zero-order valence-corrected chi connectivity index (χ0v) is 6.09. The van der Waals surface area contributed by atoms with Crippen LogP contribution in [0.3, 0.4) is 0 Å².